The minimum atomic E-state index is -0.743. The first kappa shape index (κ1) is 18.2. The van der Waals surface area contributed by atoms with Gasteiger partial charge in [-0.1, -0.05) is 0 Å². The van der Waals surface area contributed by atoms with Gasteiger partial charge in [0.15, 0.2) is 0 Å². The molecule has 0 heterocycles. The van der Waals surface area contributed by atoms with E-state index in [4.69, 9.17) is 4.74 Å². The van der Waals surface area contributed by atoms with Gasteiger partial charge < -0.3 is 25.4 Å². The van der Waals surface area contributed by atoms with E-state index in [1.165, 1.54) is 0 Å². The van der Waals surface area contributed by atoms with Crippen molar-refractivity contribution in [1.82, 2.24) is 15.5 Å². The number of carbonyl (C=O) groups is 1. The van der Waals surface area contributed by atoms with Crippen LogP contribution in [0.3, 0.4) is 0 Å². The summed E-state index contributed by atoms with van der Waals surface area (Å²) in [5, 5.41) is 16.4. The zero-order chi connectivity index (χ0) is 16.3. The van der Waals surface area contributed by atoms with Crippen molar-refractivity contribution in [3.63, 3.8) is 0 Å². The van der Waals surface area contributed by atoms with Crippen LogP contribution >= 0.6 is 0 Å². The van der Waals surface area contributed by atoms with Gasteiger partial charge in [0.2, 0.25) is 0 Å². The smallest absolute Gasteiger partial charge is 0.407 e. The summed E-state index contributed by atoms with van der Waals surface area (Å²) in [5.41, 5.74) is -1.20. The van der Waals surface area contributed by atoms with Gasteiger partial charge in [0.05, 0.1) is 5.60 Å². The molecule has 1 atom stereocenters. The van der Waals surface area contributed by atoms with Gasteiger partial charge in [-0.3, -0.25) is 0 Å². The standard InChI is InChI=1S/C15H31N3O3/c1-14(2,3)21-13(19)17-12-7-11(8-12)16-9-15(4,20)10-18(5)6/h11-12,16,20H,7-10H2,1-6H3,(H,17,19). The summed E-state index contributed by atoms with van der Waals surface area (Å²) in [4.78, 5) is 13.6. The van der Waals surface area contributed by atoms with Crippen LogP contribution < -0.4 is 10.6 Å². The van der Waals surface area contributed by atoms with Crippen LogP contribution in [0.4, 0.5) is 4.79 Å². The van der Waals surface area contributed by atoms with Crippen LogP contribution in [0.5, 0.6) is 0 Å². The number of aliphatic hydroxyl groups is 1. The number of hydrogen-bond acceptors (Lipinski definition) is 5. The highest BCUT2D eigenvalue weighted by Crippen LogP contribution is 2.21. The molecular formula is C15H31N3O3. The summed E-state index contributed by atoms with van der Waals surface area (Å²) in [5.74, 6) is 0. The molecule has 1 rings (SSSR count). The average Bonchev–Trinajstić information content (AvgIpc) is 2.16. The highest BCUT2D eigenvalue weighted by atomic mass is 16.6. The molecule has 1 amide bonds. The van der Waals surface area contributed by atoms with Crippen molar-refractivity contribution in [2.45, 2.75) is 63.8 Å². The van der Waals surface area contributed by atoms with E-state index in [2.05, 4.69) is 10.6 Å². The molecule has 0 saturated heterocycles. The van der Waals surface area contributed by atoms with Crippen LogP contribution in [0.1, 0.15) is 40.5 Å². The molecule has 21 heavy (non-hydrogen) atoms. The maximum absolute atomic E-state index is 11.6. The molecule has 0 aromatic heterocycles. The Balaban J connectivity index is 2.18. The molecule has 1 unspecified atom stereocenters. The first-order valence-corrected chi connectivity index (χ1v) is 7.57. The maximum atomic E-state index is 11.6. The zero-order valence-electron chi connectivity index (χ0n) is 14.2. The summed E-state index contributed by atoms with van der Waals surface area (Å²) in [6.07, 6.45) is 1.39. The summed E-state index contributed by atoms with van der Waals surface area (Å²) in [7, 11) is 3.89. The molecule has 3 N–H and O–H groups in total. The minimum absolute atomic E-state index is 0.163. The lowest BCUT2D eigenvalue weighted by Gasteiger charge is -2.38. The van der Waals surface area contributed by atoms with E-state index in [0.717, 1.165) is 12.8 Å². The van der Waals surface area contributed by atoms with Gasteiger partial charge in [-0.2, -0.15) is 0 Å². The molecule has 1 aliphatic carbocycles. The van der Waals surface area contributed by atoms with E-state index in [1.807, 2.05) is 46.7 Å². The molecule has 6 heteroatoms. The minimum Gasteiger partial charge on any atom is -0.444 e. The van der Waals surface area contributed by atoms with Crippen LogP contribution in [-0.4, -0.2) is 66.6 Å². The molecule has 6 nitrogen and oxygen atoms in total. The maximum Gasteiger partial charge on any atom is 0.407 e. The molecule has 0 aromatic carbocycles. The molecule has 0 spiro atoms. The SMILES string of the molecule is CN(C)CC(C)(O)CNC1CC(NC(=O)OC(C)(C)C)C1. The molecule has 124 valence electrons. The number of hydrogen-bond donors (Lipinski definition) is 3. The van der Waals surface area contributed by atoms with Gasteiger partial charge in [0.25, 0.3) is 0 Å². The Morgan fingerprint density at radius 1 is 1.24 bits per heavy atom. The fraction of sp³-hybridized carbons (Fsp3) is 0.933. The third-order valence-electron chi connectivity index (χ3n) is 3.29. The third-order valence-corrected chi connectivity index (χ3v) is 3.29. The van der Waals surface area contributed by atoms with Crippen molar-refractivity contribution in [2.75, 3.05) is 27.2 Å². The van der Waals surface area contributed by atoms with Gasteiger partial charge >= 0.3 is 6.09 Å². The first-order chi connectivity index (χ1) is 9.47. The molecule has 0 bridgehead atoms. The zero-order valence-corrected chi connectivity index (χ0v) is 14.2. The lowest BCUT2D eigenvalue weighted by molar-refractivity contribution is 0.0249. The summed E-state index contributed by atoms with van der Waals surface area (Å²) in [6, 6.07) is 0.509. The van der Waals surface area contributed by atoms with Gasteiger partial charge in [-0.25, -0.2) is 4.79 Å². The lowest BCUT2D eigenvalue weighted by Crippen LogP contribution is -2.56. The van der Waals surface area contributed by atoms with Crippen molar-refractivity contribution in [3.8, 4) is 0 Å². The summed E-state index contributed by atoms with van der Waals surface area (Å²) < 4.78 is 5.22. The number of ether oxygens (including phenoxy) is 1. The quantitative estimate of drug-likeness (QED) is 0.681. The first-order valence-electron chi connectivity index (χ1n) is 7.57. The topological polar surface area (TPSA) is 73.8 Å². The molecular weight excluding hydrogens is 270 g/mol. The van der Waals surface area contributed by atoms with E-state index in [9.17, 15) is 9.90 Å². The van der Waals surface area contributed by atoms with Gasteiger partial charge in [-0.15, -0.1) is 0 Å². The number of nitrogens with one attached hydrogen (secondary N) is 2. The molecule has 1 aliphatic rings. The predicted molar refractivity (Wildman–Crippen MR) is 83.4 cm³/mol. The fourth-order valence-corrected chi connectivity index (χ4v) is 2.48. The second-order valence-electron chi connectivity index (χ2n) is 7.63. The molecule has 0 aliphatic heterocycles. The number of carbonyl (C=O) groups excluding carboxylic acids is 1. The second kappa shape index (κ2) is 6.94. The lowest BCUT2D eigenvalue weighted by atomic mass is 9.86. The molecule has 1 saturated carbocycles. The normalized spacial score (nSPS) is 25.1. The Morgan fingerprint density at radius 2 is 1.81 bits per heavy atom. The summed E-state index contributed by atoms with van der Waals surface area (Å²) in [6.45, 7) is 8.55. The van der Waals surface area contributed by atoms with E-state index < -0.39 is 11.2 Å². The van der Waals surface area contributed by atoms with Gasteiger partial charge in [0, 0.05) is 25.2 Å². The Hall–Kier alpha value is -0.850. The largest absolute Gasteiger partial charge is 0.444 e. The van der Waals surface area contributed by atoms with Crippen LogP contribution in [0, 0.1) is 0 Å². The molecule has 0 radical (unpaired) electrons. The molecule has 1 fully saturated rings. The Bertz CT molecular complexity index is 345. The van der Waals surface area contributed by atoms with Crippen LogP contribution in [-0.2, 0) is 4.74 Å². The number of amides is 1. The highest BCUT2D eigenvalue weighted by molar-refractivity contribution is 5.68. The second-order valence-corrected chi connectivity index (χ2v) is 7.63. The van der Waals surface area contributed by atoms with Crippen molar-refractivity contribution in [2.24, 2.45) is 0 Å². The van der Waals surface area contributed by atoms with E-state index in [1.54, 1.807) is 0 Å². The summed E-state index contributed by atoms with van der Waals surface area (Å²) >= 11 is 0. The Kier molecular flexibility index (Phi) is 6.01. The van der Waals surface area contributed by atoms with E-state index >= 15 is 0 Å². The number of alkyl carbamates (subject to hydrolysis) is 1. The van der Waals surface area contributed by atoms with E-state index in [0.29, 0.717) is 19.1 Å². The monoisotopic (exact) mass is 301 g/mol. The number of rotatable bonds is 6. The van der Waals surface area contributed by atoms with Crippen LogP contribution in [0.2, 0.25) is 0 Å². The van der Waals surface area contributed by atoms with E-state index in [-0.39, 0.29) is 12.1 Å². The van der Waals surface area contributed by atoms with Crippen molar-refractivity contribution in [3.05, 3.63) is 0 Å². The third kappa shape index (κ3) is 7.64. The molecule has 0 aromatic rings. The van der Waals surface area contributed by atoms with Crippen molar-refractivity contribution < 1.29 is 14.6 Å². The Morgan fingerprint density at radius 3 is 2.29 bits per heavy atom. The Labute approximate surface area is 128 Å². The predicted octanol–water partition coefficient (Wildman–Crippen LogP) is 0.944. The van der Waals surface area contributed by atoms with Gasteiger partial charge in [0.1, 0.15) is 5.60 Å². The van der Waals surface area contributed by atoms with Crippen LogP contribution in [0.15, 0.2) is 0 Å². The average molecular weight is 301 g/mol. The number of likely N-dealkylation sites (N-methyl/N-ethyl adjacent to an activating group) is 1. The number of nitrogens with zero attached hydrogens (tertiary/aromatic N) is 1. The van der Waals surface area contributed by atoms with Crippen LogP contribution in [0.25, 0.3) is 0 Å². The fourth-order valence-electron chi connectivity index (χ4n) is 2.48. The highest BCUT2D eigenvalue weighted by Gasteiger charge is 2.33. The van der Waals surface area contributed by atoms with Crippen molar-refractivity contribution in [1.29, 1.82) is 0 Å². The van der Waals surface area contributed by atoms with Crippen molar-refractivity contribution >= 4 is 6.09 Å². The van der Waals surface area contributed by atoms with Gasteiger partial charge in [-0.05, 0) is 54.6 Å².